The Labute approximate surface area is 380 Å². The van der Waals surface area contributed by atoms with E-state index in [1.807, 2.05) is 28.7 Å². The van der Waals surface area contributed by atoms with Gasteiger partial charge in [0, 0.05) is 89.5 Å². The fourth-order valence-corrected chi connectivity index (χ4v) is 12.4. The van der Waals surface area contributed by atoms with Gasteiger partial charge in [-0.3, -0.25) is 0 Å². The minimum Gasteiger partial charge on any atom is -0.456 e. The molecule has 0 amide bonds. The largest absolute Gasteiger partial charge is 0.456 e. The van der Waals surface area contributed by atoms with Crippen molar-refractivity contribution >= 4 is 118 Å². The van der Waals surface area contributed by atoms with Crippen LogP contribution in [0.3, 0.4) is 0 Å². The quantitative estimate of drug-likeness (QED) is 0.175. The van der Waals surface area contributed by atoms with Crippen LogP contribution in [0, 0.1) is 0 Å². The topological polar surface area (TPSA) is 62.8 Å². The van der Waals surface area contributed by atoms with Crippen LogP contribution in [0.5, 0.6) is 0 Å². The van der Waals surface area contributed by atoms with Gasteiger partial charge in [-0.15, -0.1) is 22.7 Å². The number of furan rings is 1. The van der Waals surface area contributed by atoms with Crippen molar-refractivity contribution in [1.29, 1.82) is 0 Å². The van der Waals surface area contributed by atoms with Gasteiger partial charge in [-0.25, -0.2) is 15.0 Å². The zero-order valence-corrected chi connectivity index (χ0v) is 36.3. The number of benzene rings is 9. The molecular weight excluding hydrogens is 833 g/mol. The average Bonchev–Trinajstić information content (AvgIpc) is 4.07. The molecule has 5 nitrogen and oxygen atoms in total. The first-order valence-corrected chi connectivity index (χ1v) is 23.4. The molecule has 0 aliphatic carbocycles. The van der Waals surface area contributed by atoms with E-state index in [9.17, 15) is 0 Å². The van der Waals surface area contributed by atoms with Crippen molar-refractivity contribution in [2.45, 2.75) is 6.17 Å². The molecule has 0 saturated carbocycles. The van der Waals surface area contributed by atoms with Gasteiger partial charge < -0.3 is 9.73 Å². The van der Waals surface area contributed by atoms with Gasteiger partial charge in [0.1, 0.15) is 22.8 Å². The van der Waals surface area contributed by atoms with E-state index in [4.69, 9.17) is 19.4 Å². The van der Waals surface area contributed by atoms with Gasteiger partial charge in [0.2, 0.25) is 0 Å². The van der Waals surface area contributed by atoms with Crippen molar-refractivity contribution in [2.75, 3.05) is 0 Å². The number of pyridine rings is 1. The average molecular weight is 867 g/mol. The molecule has 0 atom stereocenters. The molecule has 5 heterocycles. The van der Waals surface area contributed by atoms with Gasteiger partial charge in [0.25, 0.3) is 0 Å². The molecule has 65 heavy (non-hydrogen) atoms. The molecule has 7 heteroatoms. The third kappa shape index (κ3) is 5.66. The second-order valence-electron chi connectivity index (χ2n) is 16.6. The number of rotatable bonds is 5. The van der Waals surface area contributed by atoms with Crippen LogP contribution in [0.25, 0.3) is 106 Å². The summed E-state index contributed by atoms with van der Waals surface area (Å²) in [6.45, 7) is 0. The van der Waals surface area contributed by atoms with Gasteiger partial charge in [-0.2, -0.15) is 0 Å². The molecule has 1 aliphatic rings. The summed E-state index contributed by atoms with van der Waals surface area (Å²) in [4.78, 5) is 16.2. The van der Waals surface area contributed by atoms with E-state index >= 15 is 0 Å². The highest BCUT2D eigenvalue weighted by molar-refractivity contribution is 7.26. The van der Waals surface area contributed by atoms with Crippen LogP contribution < -0.4 is 5.32 Å². The number of aromatic nitrogens is 1. The van der Waals surface area contributed by atoms with Crippen LogP contribution in [0.2, 0.25) is 0 Å². The molecule has 0 bridgehead atoms. The number of hydrogen-bond donors (Lipinski definition) is 1. The Balaban J connectivity index is 0.988. The van der Waals surface area contributed by atoms with Crippen LogP contribution >= 0.6 is 22.7 Å². The number of hydrogen-bond acceptors (Lipinski definition) is 7. The third-order valence-electron chi connectivity index (χ3n) is 12.9. The zero-order valence-electron chi connectivity index (χ0n) is 34.6. The van der Waals surface area contributed by atoms with Crippen LogP contribution in [0.15, 0.2) is 209 Å². The molecule has 1 N–H and O–H groups in total. The van der Waals surface area contributed by atoms with Crippen molar-refractivity contribution in [3.8, 4) is 22.4 Å². The molecule has 0 radical (unpaired) electrons. The highest BCUT2D eigenvalue weighted by Gasteiger charge is 2.26. The Morgan fingerprint density at radius 3 is 1.68 bits per heavy atom. The number of aliphatic imine (C=N–C) groups is 2. The summed E-state index contributed by atoms with van der Waals surface area (Å²) >= 11 is 3.63. The minimum absolute atomic E-state index is 0.499. The van der Waals surface area contributed by atoms with E-state index in [-0.39, 0.29) is 0 Å². The summed E-state index contributed by atoms with van der Waals surface area (Å²) < 4.78 is 11.6. The smallest absolute Gasteiger partial charge is 0.169 e. The summed E-state index contributed by atoms with van der Waals surface area (Å²) in [5.41, 5.74) is 9.98. The number of nitrogens with zero attached hydrogens (tertiary/aromatic N) is 3. The molecule has 0 unspecified atom stereocenters. The number of nitrogens with one attached hydrogen (secondary N) is 1. The Hall–Kier alpha value is -7.97. The van der Waals surface area contributed by atoms with E-state index in [0.717, 1.165) is 94.4 Å². The van der Waals surface area contributed by atoms with Gasteiger partial charge in [0.05, 0.1) is 11.2 Å². The zero-order chi connectivity index (χ0) is 42.6. The summed E-state index contributed by atoms with van der Waals surface area (Å²) in [5, 5.41) is 14.2. The Bertz CT molecular complexity index is 4030. The molecule has 0 spiro atoms. The lowest BCUT2D eigenvalue weighted by Crippen LogP contribution is -2.36. The van der Waals surface area contributed by atoms with Crippen molar-refractivity contribution in [3.63, 3.8) is 0 Å². The SMILES string of the molecule is c1ccc(-c2nc3ccccc3c3c(-c4ccc(C5N=C(c6cccc7c6sc6ccccc67)NC(c6cccc7c6sc6ccccc67)=N5)cc4)c4c(cc23)oc2ccccc24)cc1. The number of amidine groups is 2. The van der Waals surface area contributed by atoms with E-state index in [1.54, 1.807) is 0 Å². The second-order valence-corrected chi connectivity index (χ2v) is 18.7. The summed E-state index contributed by atoms with van der Waals surface area (Å²) in [5.74, 6) is 1.62. The standard InChI is InChI=1S/C58H34N4OS2/c1-2-14-34(15-3-1)53-44-32-47-52(41-19-5-9-25-46(41)63-47)50(51(44)40-18-4-8-24-45(40)59-53)33-28-30-35(31-29-33)56-60-57(42-22-12-20-38-36-16-6-10-26-48(36)64-54(38)42)62-58(61-56)43-23-13-21-39-37-17-7-11-27-49(37)65-55(39)43/h1-32,56H,(H,60,61,62). The van der Waals surface area contributed by atoms with Crippen molar-refractivity contribution in [1.82, 2.24) is 10.3 Å². The van der Waals surface area contributed by atoms with Crippen LogP contribution in [-0.4, -0.2) is 16.7 Å². The van der Waals surface area contributed by atoms with Crippen LogP contribution in [0.1, 0.15) is 22.9 Å². The fraction of sp³-hybridized carbons (Fsp3) is 0.0172. The number of thiophene rings is 2. The van der Waals surface area contributed by atoms with Gasteiger partial charge >= 0.3 is 0 Å². The second kappa shape index (κ2) is 14.3. The van der Waals surface area contributed by atoms with Gasteiger partial charge in [0.15, 0.2) is 6.17 Å². The Morgan fingerprint density at radius 2 is 1.00 bits per heavy atom. The molecule has 0 fully saturated rings. The first-order valence-electron chi connectivity index (χ1n) is 21.8. The lowest BCUT2D eigenvalue weighted by molar-refractivity contribution is 0.669. The van der Waals surface area contributed by atoms with Crippen LogP contribution in [0.4, 0.5) is 0 Å². The first kappa shape index (κ1) is 36.5. The van der Waals surface area contributed by atoms with Crippen molar-refractivity contribution in [2.24, 2.45) is 9.98 Å². The first-order chi connectivity index (χ1) is 32.2. The maximum Gasteiger partial charge on any atom is 0.169 e. The molecule has 0 saturated heterocycles. The van der Waals surface area contributed by atoms with Crippen molar-refractivity contribution < 1.29 is 4.42 Å². The van der Waals surface area contributed by atoms with Gasteiger partial charge in [-0.05, 0) is 53.6 Å². The van der Waals surface area contributed by atoms with E-state index in [1.165, 1.54) is 40.3 Å². The molecule has 1 aliphatic heterocycles. The monoisotopic (exact) mass is 866 g/mol. The molecule has 14 rings (SSSR count). The summed E-state index contributed by atoms with van der Waals surface area (Å²) in [7, 11) is 0. The van der Waals surface area contributed by atoms with E-state index < -0.39 is 6.17 Å². The predicted molar refractivity (Wildman–Crippen MR) is 275 cm³/mol. The van der Waals surface area contributed by atoms with Crippen LogP contribution in [-0.2, 0) is 0 Å². The highest BCUT2D eigenvalue weighted by atomic mass is 32.1. The normalized spacial score (nSPS) is 13.5. The maximum absolute atomic E-state index is 6.68. The summed E-state index contributed by atoms with van der Waals surface area (Å²) in [6.07, 6.45) is -0.499. The predicted octanol–water partition coefficient (Wildman–Crippen LogP) is 15.9. The molecule has 304 valence electrons. The number of fused-ring (bicyclic) bond motifs is 12. The maximum atomic E-state index is 6.68. The fourth-order valence-electron chi connectivity index (χ4n) is 9.98. The molecule has 13 aromatic rings. The molecule has 4 aromatic heterocycles. The highest BCUT2D eigenvalue weighted by Crippen LogP contribution is 2.47. The number of para-hydroxylation sites is 2. The molecular formula is C58H34N4OS2. The molecule has 9 aromatic carbocycles. The summed E-state index contributed by atoms with van der Waals surface area (Å²) in [6, 6.07) is 68.9. The van der Waals surface area contributed by atoms with E-state index in [2.05, 4.69) is 193 Å². The Kier molecular flexibility index (Phi) is 8.02. The van der Waals surface area contributed by atoms with E-state index in [0.29, 0.717) is 0 Å². The van der Waals surface area contributed by atoms with Crippen molar-refractivity contribution in [3.05, 3.63) is 211 Å². The minimum atomic E-state index is -0.499. The lowest BCUT2D eigenvalue weighted by Gasteiger charge is -2.23. The lowest BCUT2D eigenvalue weighted by atomic mass is 9.89. The Morgan fingerprint density at radius 1 is 0.431 bits per heavy atom. The van der Waals surface area contributed by atoms with Gasteiger partial charge in [-0.1, -0.05) is 152 Å². The third-order valence-corrected chi connectivity index (χ3v) is 15.4.